The van der Waals surface area contributed by atoms with Crippen molar-refractivity contribution in [3.8, 4) is 33.6 Å². The van der Waals surface area contributed by atoms with Crippen molar-refractivity contribution in [2.24, 2.45) is 5.41 Å². The molecule has 0 saturated heterocycles. The Morgan fingerprint density at radius 1 is 0.702 bits per heavy atom. The van der Waals surface area contributed by atoms with Crippen LogP contribution in [0.2, 0.25) is 19.6 Å². The summed E-state index contributed by atoms with van der Waals surface area (Å²) in [7, 11) is -1.37. The molecule has 7 rings (SSSR count). The summed E-state index contributed by atoms with van der Waals surface area (Å²) in [5.41, 5.74) is 9.68. The molecule has 239 valence electrons. The largest absolute Gasteiger partial charge is 0.501 e. The molecule has 0 fully saturated rings. The monoisotopic (exact) mass is 809 g/mol. The third-order valence-electron chi connectivity index (χ3n) is 7.96. The third-order valence-corrected chi connectivity index (χ3v) is 10.0. The summed E-state index contributed by atoms with van der Waals surface area (Å²) in [6, 6.07) is 43.5. The number of aromatic nitrogens is 2. The van der Waals surface area contributed by atoms with Crippen LogP contribution in [0.4, 0.5) is 0 Å². The van der Waals surface area contributed by atoms with Gasteiger partial charge in [-0.1, -0.05) is 118 Å². The van der Waals surface area contributed by atoms with Gasteiger partial charge in [0.25, 0.3) is 0 Å². The van der Waals surface area contributed by atoms with Gasteiger partial charge in [0.1, 0.15) is 5.58 Å². The van der Waals surface area contributed by atoms with Gasteiger partial charge in [0.2, 0.25) is 0 Å². The maximum absolute atomic E-state index is 6.23. The van der Waals surface area contributed by atoms with Crippen molar-refractivity contribution in [2.45, 2.75) is 46.8 Å². The maximum Gasteiger partial charge on any atom is 0.121 e. The van der Waals surface area contributed by atoms with Crippen LogP contribution in [0.1, 0.15) is 26.3 Å². The van der Waals surface area contributed by atoms with E-state index in [1.54, 1.807) is 6.20 Å². The molecule has 0 aliphatic heterocycles. The number of rotatable bonds is 5. The summed E-state index contributed by atoms with van der Waals surface area (Å²) in [5.74, 6) is 0. The van der Waals surface area contributed by atoms with E-state index in [0.717, 1.165) is 56.4 Å². The van der Waals surface area contributed by atoms with Crippen molar-refractivity contribution >= 4 is 35.2 Å². The molecule has 4 aromatic carbocycles. The van der Waals surface area contributed by atoms with Gasteiger partial charge in [0.15, 0.2) is 0 Å². The molecule has 47 heavy (non-hydrogen) atoms. The van der Waals surface area contributed by atoms with Crippen LogP contribution in [-0.4, -0.2) is 18.0 Å². The average molecular weight is 809 g/mol. The molecule has 0 bridgehead atoms. The number of benzene rings is 4. The number of pyridine rings is 2. The Hall–Kier alpha value is -4.15. The fraction of sp³-hybridized carbons (Fsp3) is 0.190. The second-order valence-corrected chi connectivity index (χ2v) is 19.0. The second kappa shape index (κ2) is 14.3. The van der Waals surface area contributed by atoms with Gasteiger partial charge in [-0.2, -0.15) is 0 Å². The molecule has 3 nitrogen and oxygen atoms in total. The van der Waals surface area contributed by atoms with Crippen molar-refractivity contribution in [3.63, 3.8) is 0 Å². The fourth-order valence-electron chi connectivity index (χ4n) is 5.84. The van der Waals surface area contributed by atoms with Crippen LogP contribution in [0.5, 0.6) is 0 Å². The Morgan fingerprint density at radius 3 is 2.15 bits per heavy atom. The number of nitrogens with zero attached hydrogens (tertiary/aromatic N) is 2. The molecule has 0 N–H and O–H groups in total. The van der Waals surface area contributed by atoms with Crippen molar-refractivity contribution in [1.29, 1.82) is 0 Å². The summed E-state index contributed by atoms with van der Waals surface area (Å²) in [6.45, 7) is 14.1. The molecular weight excluding hydrogens is 769 g/mol. The minimum absolute atomic E-state index is 0. The average Bonchev–Trinajstić information content (AvgIpc) is 3.43. The molecule has 5 heteroatoms. The van der Waals surface area contributed by atoms with Crippen LogP contribution in [0.15, 0.2) is 126 Å². The molecule has 0 spiro atoms. The Morgan fingerprint density at radius 2 is 1.47 bits per heavy atom. The van der Waals surface area contributed by atoms with Gasteiger partial charge in [0, 0.05) is 37.9 Å². The summed E-state index contributed by atoms with van der Waals surface area (Å²) >= 11 is 0. The first-order valence-electron chi connectivity index (χ1n) is 15.9. The first kappa shape index (κ1) is 34.2. The number of hydrogen-bond acceptors (Lipinski definition) is 3. The van der Waals surface area contributed by atoms with E-state index in [2.05, 4.69) is 112 Å². The van der Waals surface area contributed by atoms with E-state index in [1.807, 2.05) is 60.7 Å². The zero-order chi connectivity index (χ0) is 32.3. The van der Waals surface area contributed by atoms with Crippen molar-refractivity contribution in [3.05, 3.63) is 139 Å². The van der Waals surface area contributed by atoms with Crippen molar-refractivity contribution < 1.29 is 24.5 Å². The second-order valence-electron chi connectivity index (χ2n) is 14.0. The Balaban J connectivity index is 0.000000184. The minimum Gasteiger partial charge on any atom is -0.501 e. The number of fused-ring (bicyclic) bond motifs is 3. The Labute approximate surface area is 293 Å². The first-order chi connectivity index (χ1) is 22.1. The van der Waals surface area contributed by atoms with Crippen LogP contribution in [0.25, 0.3) is 55.6 Å². The summed E-state index contributed by atoms with van der Waals surface area (Å²) < 4.78 is 6.23. The Bertz CT molecular complexity index is 2080. The summed E-state index contributed by atoms with van der Waals surface area (Å²) in [4.78, 5) is 9.15. The predicted molar refractivity (Wildman–Crippen MR) is 196 cm³/mol. The van der Waals surface area contributed by atoms with E-state index < -0.39 is 8.07 Å². The smallest absolute Gasteiger partial charge is 0.121 e. The number of hydrogen-bond donors (Lipinski definition) is 0. The SMILES string of the molecule is CC(C)(C)Cc1cc(-c2[c-]cccc2)ncc1[Si](C)(C)C.[Ir].[c-]1ccc2c(oc3cc(-c4ccccc4)ccc32)c1-c1ccccn1. The molecular formula is C42H40IrN2OSi-2. The standard InChI is InChI=1S/C23H14NO.C19H26NSi.Ir/c1-2-7-16(8-3-1)17-12-13-18-19-9-6-10-20(21-11-4-5-14-24-21)23(19)25-22(18)15-17;1-19(2,3)13-16-12-17(15-10-8-7-9-11-15)20-14-18(16)21(4,5)6;/h1-9,11-15H;7-10,12,14H,13H2,1-6H3;/q2*-1;. The van der Waals surface area contributed by atoms with Crippen LogP contribution < -0.4 is 5.19 Å². The van der Waals surface area contributed by atoms with Crippen LogP contribution >= 0.6 is 0 Å². The maximum atomic E-state index is 6.23. The van der Waals surface area contributed by atoms with Crippen molar-refractivity contribution in [2.75, 3.05) is 0 Å². The number of furan rings is 1. The fourth-order valence-corrected chi connectivity index (χ4v) is 7.42. The molecule has 0 amide bonds. The zero-order valence-electron chi connectivity index (χ0n) is 27.9. The van der Waals surface area contributed by atoms with Gasteiger partial charge in [-0.15, -0.1) is 54.1 Å². The molecule has 3 heterocycles. The third kappa shape index (κ3) is 8.05. The van der Waals surface area contributed by atoms with E-state index in [9.17, 15) is 0 Å². The van der Waals surface area contributed by atoms with Crippen molar-refractivity contribution in [1.82, 2.24) is 9.97 Å². The molecule has 0 saturated carbocycles. The van der Waals surface area contributed by atoms with Gasteiger partial charge in [0.05, 0.1) is 13.7 Å². The van der Waals surface area contributed by atoms with Gasteiger partial charge in [-0.05, 0) is 51.7 Å². The summed E-state index contributed by atoms with van der Waals surface area (Å²) in [6.07, 6.45) is 5.00. The van der Waals surface area contributed by atoms with E-state index >= 15 is 0 Å². The van der Waals surface area contributed by atoms with Gasteiger partial charge >= 0.3 is 0 Å². The molecule has 0 aliphatic carbocycles. The topological polar surface area (TPSA) is 38.9 Å². The minimum atomic E-state index is -1.37. The van der Waals surface area contributed by atoms with Crippen LogP contribution in [0, 0.1) is 17.5 Å². The van der Waals surface area contributed by atoms with E-state index in [-0.39, 0.29) is 25.5 Å². The molecule has 0 aliphatic rings. The van der Waals surface area contributed by atoms with E-state index in [4.69, 9.17) is 9.40 Å². The zero-order valence-corrected chi connectivity index (χ0v) is 31.3. The normalized spacial score (nSPS) is 11.5. The Kier molecular flexibility index (Phi) is 10.4. The predicted octanol–water partition coefficient (Wildman–Crippen LogP) is 10.8. The quantitative estimate of drug-likeness (QED) is 0.128. The molecule has 3 aromatic heterocycles. The van der Waals surface area contributed by atoms with E-state index in [0.29, 0.717) is 0 Å². The van der Waals surface area contributed by atoms with Gasteiger partial charge in [-0.25, -0.2) is 0 Å². The molecule has 7 aromatic rings. The molecule has 0 unspecified atom stereocenters. The summed E-state index contributed by atoms with van der Waals surface area (Å²) in [5, 5.41) is 3.69. The van der Waals surface area contributed by atoms with Crippen LogP contribution in [0.3, 0.4) is 0 Å². The van der Waals surface area contributed by atoms with Gasteiger partial charge < -0.3 is 14.4 Å². The van der Waals surface area contributed by atoms with E-state index in [1.165, 1.54) is 16.3 Å². The van der Waals surface area contributed by atoms with Gasteiger partial charge in [-0.3, -0.25) is 0 Å². The molecule has 0 atom stereocenters. The first-order valence-corrected chi connectivity index (χ1v) is 19.4. The van der Waals surface area contributed by atoms with Crippen LogP contribution in [-0.2, 0) is 26.5 Å². The molecule has 1 radical (unpaired) electrons.